The van der Waals surface area contributed by atoms with Gasteiger partial charge in [-0.25, -0.2) is 0 Å². The molecule has 0 saturated carbocycles. The summed E-state index contributed by atoms with van der Waals surface area (Å²) in [5.74, 6) is 0. The summed E-state index contributed by atoms with van der Waals surface area (Å²) in [6, 6.07) is 23.2. The van der Waals surface area contributed by atoms with Gasteiger partial charge in [0.1, 0.15) is 0 Å². The fourth-order valence-corrected chi connectivity index (χ4v) is 11.7. The molecule has 0 nitrogen and oxygen atoms in total. The van der Waals surface area contributed by atoms with E-state index in [-0.39, 0.29) is 40.2 Å². The molecule has 0 atom stereocenters. The first kappa shape index (κ1) is 25.5. The summed E-state index contributed by atoms with van der Waals surface area (Å²) in [7, 11) is -3.28. The second kappa shape index (κ2) is 10.2. The van der Waals surface area contributed by atoms with Gasteiger partial charge in [-0.05, 0) is 32.9 Å². The quantitative estimate of drug-likeness (QED) is 0.0943. The van der Waals surface area contributed by atoms with Crippen molar-refractivity contribution in [1.29, 1.82) is 0 Å². The van der Waals surface area contributed by atoms with Crippen LogP contribution in [-0.4, -0.2) is 8.07 Å². The molecule has 4 rings (SSSR count). The Bertz CT molecular complexity index is 1240. The molecule has 0 N–H and O–H groups in total. The SMILES string of the molecule is Clc1cc([Si](c2ccccc2)(c2ccccc2)c2cc(Cl)c(Cl)c(Cl)c2Cl)c(Cl)c(Cl)c1Cl. The third-order valence-corrected chi connectivity index (χ3v) is 14.1. The highest BCUT2D eigenvalue weighted by Crippen LogP contribution is 2.38. The van der Waals surface area contributed by atoms with Crippen LogP contribution in [0.3, 0.4) is 0 Å². The highest BCUT2D eigenvalue weighted by molar-refractivity contribution is 7.21. The van der Waals surface area contributed by atoms with Crippen LogP contribution >= 0.6 is 92.8 Å². The Morgan fingerprint density at radius 1 is 0.394 bits per heavy atom. The summed E-state index contributed by atoms with van der Waals surface area (Å²) < 4.78 is 0. The van der Waals surface area contributed by atoms with Crippen LogP contribution in [0.5, 0.6) is 0 Å². The minimum Gasteiger partial charge on any atom is -0.0827 e. The molecule has 0 heterocycles. The smallest absolute Gasteiger partial charge is 0.0827 e. The van der Waals surface area contributed by atoms with Gasteiger partial charge in [-0.15, -0.1) is 0 Å². The van der Waals surface area contributed by atoms with E-state index in [0.717, 1.165) is 10.4 Å². The van der Waals surface area contributed by atoms with Crippen molar-refractivity contribution < 1.29 is 0 Å². The Kier molecular flexibility index (Phi) is 7.87. The van der Waals surface area contributed by atoms with E-state index in [1.54, 1.807) is 12.1 Å². The molecule has 4 aromatic carbocycles. The number of halogens is 8. The molecular weight excluding hydrogens is 600 g/mol. The van der Waals surface area contributed by atoms with Crippen molar-refractivity contribution in [2.75, 3.05) is 0 Å². The van der Waals surface area contributed by atoms with E-state index < -0.39 is 8.07 Å². The van der Waals surface area contributed by atoms with Crippen molar-refractivity contribution in [2.24, 2.45) is 0 Å². The van der Waals surface area contributed by atoms with Gasteiger partial charge in [0.15, 0.2) is 8.07 Å². The topological polar surface area (TPSA) is 0 Å². The summed E-state index contributed by atoms with van der Waals surface area (Å²) in [4.78, 5) is 0. The van der Waals surface area contributed by atoms with Crippen LogP contribution in [0.15, 0.2) is 72.8 Å². The standard InChI is InChI=1S/C24H12Cl8Si/c25-15-11-17(21(29)23(31)19(15)27)33(13-7-3-1-4-8-13,14-9-5-2-6-10-14)18-12-16(26)20(28)24(32)22(18)30/h1-12H. The van der Waals surface area contributed by atoms with Crippen LogP contribution in [0, 0.1) is 0 Å². The van der Waals surface area contributed by atoms with Crippen LogP contribution in [0.2, 0.25) is 40.2 Å². The van der Waals surface area contributed by atoms with Crippen molar-refractivity contribution in [3.05, 3.63) is 113 Å². The molecule has 0 spiro atoms. The highest BCUT2D eigenvalue weighted by Gasteiger charge is 2.46. The molecule has 0 bridgehead atoms. The average Bonchev–Trinajstić information content (AvgIpc) is 2.84. The zero-order valence-electron chi connectivity index (χ0n) is 16.5. The van der Waals surface area contributed by atoms with E-state index in [1.807, 2.05) is 60.7 Å². The summed E-state index contributed by atoms with van der Waals surface area (Å²) in [6.45, 7) is 0. The molecule has 0 unspecified atom stereocenters. The fourth-order valence-electron chi connectivity index (χ4n) is 4.00. The van der Waals surface area contributed by atoms with Gasteiger partial charge in [-0.2, -0.15) is 0 Å². The normalized spacial score (nSPS) is 11.6. The molecule has 9 heteroatoms. The predicted octanol–water partition coefficient (Wildman–Crippen LogP) is 8.29. The summed E-state index contributed by atoms with van der Waals surface area (Å²) in [5.41, 5.74) is 0. The zero-order chi connectivity index (χ0) is 23.9. The lowest BCUT2D eigenvalue weighted by atomic mass is 10.3. The minimum absolute atomic E-state index is 0.159. The molecule has 0 radical (unpaired) electrons. The minimum atomic E-state index is -3.28. The maximum absolute atomic E-state index is 6.89. The van der Waals surface area contributed by atoms with Crippen molar-refractivity contribution in [2.45, 2.75) is 0 Å². The van der Waals surface area contributed by atoms with Crippen molar-refractivity contribution in [3.63, 3.8) is 0 Å². The number of hydrogen-bond acceptors (Lipinski definition) is 0. The van der Waals surface area contributed by atoms with Crippen LogP contribution < -0.4 is 20.7 Å². The molecule has 0 aliphatic carbocycles. The van der Waals surface area contributed by atoms with Crippen LogP contribution in [-0.2, 0) is 0 Å². The predicted molar refractivity (Wildman–Crippen MR) is 150 cm³/mol. The molecule has 33 heavy (non-hydrogen) atoms. The first-order chi connectivity index (χ1) is 15.7. The third-order valence-electron chi connectivity index (χ3n) is 5.43. The van der Waals surface area contributed by atoms with Crippen LogP contribution in [0.4, 0.5) is 0 Å². The van der Waals surface area contributed by atoms with E-state index in [0.29, 0.717) is 10.4 Å². The Labute approximate surface area is 232 Å². The molecular formula is C24H12Cl8Si. The Hall–Kier alpha value is -0.583. The molecule has 4 aromatic rings. The zero-order valence-corrected chi connectivity index (χ0v) is 23.5. The van der Waals surface area contributed by atoms with Gasteiger partial charge in [0.05, 0.1) is 40.2 Å². The van der Waals surface area contributed by atoms with E-state index >= 15 is 0 Å². The van der Waals surface area contributed by atoms with Crippen LogP contribution in [0.25, 0.3) is 0 Å². The molecule has 168 valence electrons. The van der Waals surface area contributed by atoms with Gasteiger partial charge in [0, 0.05) is 0 Å². The molecule has 0 fully saturated rings. The van der Waals surface area contributed by atoms with Crippen LogP contribution in [0.1, 0.15) is 0 Å². The highest BCUT2D eigenvalue weighted by atomic mass is 35.5. The van der Waals surface area contributed by atoms with E-state index in [2.05, 4.69) is 0 Å². The molecule has 0 aromatic heterocycles. The Morgan fingerprint density at radius 3 is 1.06 bits per heavy atom. The van der Waals surface area contributed by atoms with Crippen molar-refractivity contribution in [3.8, 4) is 0 Å². The van der Waals surface area contributed by atoms with Crippen molar-refractivity contribution >= 4 is 122 Å². The van der Waals surface area contributed by atoms with E-state index in [4.69, 9.17) is 92.8 Å². The lowest BCUT2D eigenvalue weighted by Crippen LogP contribution is -2.75. The summed E-state index contributed by atoms with van der Waals surface area (Å²) >= 11 is 52.6. The lowest BCUT2D eigenvalue weighted by molar-refractivity contribution is 1.65. The number of benzene rings is 4. The summed E-state index contributed by atoms with van der Waals surface area (Å²) in [6.07, 6.45) is 0. The molecule has 0 aliphatic rings. The van der Waals surface area contributed by atoms with Gasteiger partial charge in [-0.3, -0.25) is 0 Å². The van der Waals surface area contributed by atoms with Gasteiger partial charge >= 0.3 is 0 Å². The molecule has 0 amide bonds. The van der Waals surface area contributed by atoms with E-state index in [1.165, 1.54) is 0 Å². The second-order valence-electron chi connectivity index (χ2n) is 7.18. The van der Waals surface area contributed by atoms with Gasteiger partial charge in [0.2, 0.25) is 0 Å². The maximum atomic E-state index is 6.89. The maximum Gasteiger partial charge on any atom is 0.182 e. The number of hydrogen-bond donors (Lipinski definition) is 0. The third kappa shape index (κ3) is 4.31. The number of rotatable bonds is 4. The Morgan fingerprint density at radius 2 is 0.727 bits per heavy atom. The Balaban J connectivity index is 2.31. The largest absolute Gasteiger partial charge is 0.182 e. The van der Waals surface area contributed by atoms with Crippen molar-refractivity contribution in [1.82, 2.24) is 0 Å². The average molecular weight is 612 g/mol. The lowest BCUT2D eigenvalue weighted by Gasteiger charge is -2.36. The molecule has 0 saturated heterocycles. The first-order valence-electron chi connectivity index (χ1n) is 9.49. The first-order valence-corrected chi connectivity index (χ1v) is 14.5. The monoisotopic (exact) mass is 608 g/mol. The van der Waals surface area contributed by atoms with Gasteiger partial charge < -0.3 is 0 Å². The second-order valence-corrected chi connectivity index (χ2v) is 14.0. The van der Waals surface area contributed by atoms with Gasteiger partial charge in [-0.1, -0.05) is 153 Å². The fraction of sp³-hybridized carbons (Fsp3) is 0. The molecule has 0 aliphatic heterocycles. The summed E-state index contributed by atoms with van der Waals surface area (Å²) in [5, 5.41) is 5.08. The van der Waals surface area contributed by atoms with Gasteiger partial charge in [0.25, 0.3) is 0 Å². The van der Waals surface area contributed by atoms with E-state index in [9.17, 15) is 0 Å².